The van der Waals surface area contributed by atoms with E-state index in [2.05, 4.69) is 26.0 Å². The van der Waals surface area contributed by atoms with Crippen molar-refractivity contribution in [2.75, 3.05) is 7.11 Å². The first-order valence-corrected chi connectivity index (χ1v) is 7.53. The van der Waals surface area contributed by atoms with Gasteiger partial charge in [0.1, 0.15) is 23.3 Å². The lowest BCUT2D eigenvalue weighted by Crippen LogP contribution is -2.45. The van der Waals surface area contributed by atoms with E-state index < -0.39 is 35.3 Å². The minimum atomic E-state index is -1.20. The van der Waals surface area contributed by atoms with Gasteiger partial charge < -0.3 is 14.8 Å². The Kier molecular flexibility index (Phi) is 6.49. The van der Waals surface area contributed by atoms with E-state index >= 15 is 0 Å². The van der Waals surface area contributed by atoms with E-state index in [0.717, 1.165) is 19.2 Å². The van der Waals surface area contributed by atoms with Gasteiger partial charge in [-0.05, 0) is 54.4 Å². The molecule has 0 aliphatic carbocycles. The summed E-state index contributed by atoms with van der Waals surface area (Å²) in [6, 6.07) is 0.698. The number of hydrogen-bond donors (Lipinski definition) is 1. The van der Waals surface area contributed by atoms with Crippen molar-refractivity contribution in [3.8, 4) is 0 Å². The van der Waals surface area contributed by atoms with Gasteiger partial charge in [-0.1, -0.05) is 0 Å². The molecule has 0 saturated carbocycles. The second-order valence-corrected chi connectivity index (χ2v) is 6.64. The Labute approximate surface area is 141 Å². The number of benzene rings is 1. The van der Waals surface area contributed by atoms with Crippen molar-refractivity contribution in [3.63, 3.8) is 0 Å². The molecule has 0 aromatic heterocycles. The largest absolute Gasteiger partial charge is 0.467 e. The number of alkyl carbamates (subject to hydrolysis) is 1. The maximum Gasteiger partial charge on any atom is 0.408 e. The third-order valence-corrected chi connectivity index (χ3v) is 3.30. The molecule has 0 heterocycles. The third kappa shape index (κ3) is 6.13. The van der Waals surface area contributed by atoms with Gasteiger partial charge in [0.15, 0.2) is 0 Å². The predicted octanol–water partition coefficient (Wildman–Crippen LogP) is 3.34. The summed E-state index contributed by atoms with van der Waals surface area (Å²) in [4.78, 5) is 23.5. The van der Waals surface area contributed by atoms with Crippen molar-refractivity contribution >= 4 is 28.0 Å². The molecule has 8 heteroatoms. The number of methoxy groups -OCH3 is 1. The van der Waals surface area contributed by atoms with Crippen molar-refractivity contribution in [1.82, 2.24) is 5.32 Å². The summed E-state index contributed by atoms with van der Waals surface area (Å²) in [5, 5.41) is 2.30. The SMILES string of the molecule is COC(=O)[C@@H](Cc1cc(F)c(Br)cc1F)NC(=O)OC(C)(C)C. The van der Waals surface area contributed by atoms with Crippen LogP contribution in [0.3, 0.4) is 0 Å². The summed E-state index contributed by atoms with van der Waals surface area (Å²) in [6.07, 6.45) is -1.13. The van der Waals surface area contributed by atoms with Crippen LogP contribution in [0.2, 0.25) is 0 Å². The van der Waals surface area contributed by atoms with Crippen LogP contribution in [0.1, 0.15) is 26.3 Å². The molecular formula is C15H18BrF2NO4. The first-order chi connectivity index (χ1) is 10.5. The average Bonchev–Trinajstić information content (AvgIpc) is 2.40. The number of carbonyl (C=O) groups is 2. The lowest BCUT2D eigenvalue weighted by atomic mass is 10.1. The Morgan fingerprint density at radius 2 is 1.87 bits per heavy atom. The summed E-state index contributed by atoms with van der Waals surface area (Å²) in [5.74, 6) is -2.18. The number of amides is 1. The van der Waals surface area contributed by atoms with Gasteiger partial charge in [-0.25, -0.2) is 18.4 Å². The molecule has 128 valence electrons. The van der Waals surface area contributed by atoms with Crippen LogP contribution in [0.25, 0.3) is 0 Å². The minimum Gasteiger partial charge on any atom is -0.467 e. The van der Waals surface area contributed by atoms with Crippen molar-refractivity contribution in [2.24, 2.45) is 0 Å². The zero-order chi connectivity index (χ0) is 17.8. The normalized spacial score (nSPS) is 12.5. The van der Waals surface area contributed by atoms with Crippen molar-refractivity contribution < 1.29 is 27.8 Å². The number of hydrogen-bond acceptors (Lipinski definition) is 4. The second kappa shape index (κ2) is 7.72. The Bertz CT molecular complexity index is 602. The van der Waals surface area contributed by atoms with Crippen molar-refractivity contribution in [2.45, 2.75) is 38.8 Å². The molecule has 0 aliphatic heterocycles. The van der Waals surface area contributed by atoms with E-state index in [1.165, 1.54) is 0 Å². The molecule has 0 bridgehead atoms. The van der Waals surface area contributed by atoms with Gasteiger partial charge in [-0.2, -0.15) is 0 Å². The second-order valence-electron chi connectivity index (χ2n) is 5.78. The number of ether oxygens (including phenoxy) is 2. The molecule has 0 radical (unpaired) electrons. The van der Waals surface area contributed by atoms with Crippen LogP contribution in [0, 0.1) is 11.6 Å². The molecule has 1 atom stereocenters. The smallest absolute Gasteiger partial charge is 0.408 e. The summed E-state index contributed by atoms with van der Waals surface area (Å²) in [6.45, 7) is 4.97. The first kappa shape index (κ1) is 19.3. The number of nitrogens with one attached hydrogen (secondary N) is 1. The van der Waals surface area contributed by atoms with Gasteiger partial charge in [0.05, 0.1) is 11.6 Å². The quantitative estimate of drug-likeness (QED) is 0.629. The molecular weight excluding hydrogens is 376 g/mol. The van der Waals surface area contributed by atoms with E-state index in [4.69, 9.17) is 4.74 Å². The number of carbonyl (C=O) groups excluding carboxylic acids is 2. The standard InChI is InChI=1S/C15H18BrF2NO4/c1-15(2,3)23-14(21)19-12(13(20)22-4)6-8-5-11(18)9(16)7-10(8)17/h5,7,12H,6H2,1-4H3,(H,19,21)/t12-/m1/s1. The van der Waals surface area contributed by atoms with Crippen LogP contribution in [-0.4, -0.2) is 30.8 Å². The molecule has 1 N–H and O–H groups in total. The van der Waals surface area contributed by atoms with E-state index in [0.29, 0.717) is 0 Å². The number of halogens is 3. The average molecular weight is 394 g/mol. The zero-order valence-corrected chi connectivity index (χ0v) is 14.8. The molecule has 0 spiro atoms. The molecule has 0 aliphatic rings. The van der Waals surface area contributed by atoms with E-state index in [9.17, 15) is 18.4 Å². The monoisotopic (exact) mass is 393 g/mol. The topological polar surface area (TPSA) is 64.6 Å². The Balaban J connectivity index is 2.94. The Morgan fingerprint density at radius 3 is 2.39 bits per heavy atom. The maximum atomic E-state index is 13.9. The molecule has 0 fully saturated rings. The molecule has 1 aromatic carbocycles. The predicted molar refractivity (Wildman–Crippen MR) is 82.9 cm³/mol. The molecule has 1 rings (SSSR count). The van der Waals surface area contributed by atoms with Gasteiger partial charge in [0.2, 0.25) is 0 Å². The first-order valence-electron chi connectivity index (χ1n) is 6.74. The van der Waals surface area contributed by atoms with E-state index in [-0.39, 0.29) is 16.5 Å². The van der Waals surface area contributed by atoms with Crippen molar-refractivity contribution in [3.05, 3.63) is 33.8 Å². The van der Waals surface area contributed by atoms with Crippen LogP contribution in [-0.2, 0) is 20.7 Å². The van der Waals surface area contributed by atoms with E-state index in [1.54, 1.807) is 20.8 Å². The van der Waals surface area contributed by atoms with Gasteiger partial charge >= 0.3 is 12.1 Å². The summed E-state index contributed by atoms with van der Waals surface area (Å²) >= 11 is 2.87. The van der Waals surface area contributed by atoms with Crippen LogP contribution < -0.4 is 5.32 Å². The van der Waals surface area contributed by atoms with Crippen molar-refractivity contribution in [1.29, 1.82) is 0 Å². The zero-order valence-electron chi connectivity index (χ0n) is 13.2. The highest BCUT2D eigenvalue weighted by atomic mass is 79.9. The van der Waals surface area contributed by atoms with Gasteiger partial charge in [-0.3, -0.25) is 0 Å². The fourth-order valence-corrected chi connectivity index (χ4v) is 2.04. The third-order valence-electron chi connectivity index (χ3n) is 2.69. The van der Waals surface area contributed by atoms with Crippen LogP contribution >= 0.6 is 15.9 Å². The summed E-state index contributed by atoms with van der Waals surface area (Å²) in [7, 11) is 1.13. The van der Waals surface area contributed by atoms with Gasteiger partial charge in [-0.15, -0.1) is 0 Å². The van der Waals surface area contributed by atoms with E-state index in [1.807, 2.05) is 0 Å². The highest BCUT2D eigenvalue weighted by Gasteiger charge is 2.26. The minimum absolute atomic E-state index is 0.0338. The molecule has 0 unspecified atom stereocenters. The van der Waals surface area contributed by atoms with Crippen LogP contribution in [0.5, 0.6) is 0 Å². The highest BCUT2D eigenvalue weighted by molar-refractivity contribution is 9.10. The lowest BCUT2D eigenvalue weighted by Gasteiger charge is -2.22. The van der Waals surface area contributed by atoms with Gasteiger partial charge in [0.25, 0.3) is 0 Å². The Morgan fingerprint density at radius 1 is 1.26 bits per heavy atom. The summed E-state index contributed by atoms with van der Waals surface area (Å²) < 4.78 is 37.0. The Hall–Kier alpha value is -1.70. The molecule has 1 amide bonds. The molecule has 1 aromatic rings. The molecule has 0 saturated heterocycles. The molecule has 5 nitrogen and oxygen atoms in total. The summed E-state index contributed by atoms with van der Waals surface area (Å²) in [5.41, 5.74) is -0.836. The fraction of sp³-hybridized carbons (Fsp3) is 0.467. The maximum absolute atomic E-state index is 13.9. The fourth-order valence-electron chi connectivity index (χ4n) is 1.73. The highest BCUT2D eigenvalue weighted by Crippen LogP contribution is 2.21. The van der Waals surface area contributed by atoms with Gasteiger partial charge in [0, 0.05) is 6.42 Å². The number of rotatable bonds is 4. The van der Waals surface area contributed by atoms with Crippen LogP contribution in [0.15, 0.2) is 16.6 Å². The molecule has 23 heavy (non-hydrogen) atoms. The lowest BCUT2D eigenvalue weighted by molar-refractivity contribution is -0.143. The van der Waals surface area contributed by atoms with Crippen LogP contribution in [0.4, 0.5) is 13.6 Å². The number of esters is 1.